The lowest BCUT2D eigenvalue weighted by atomic mass is 10.2. The molecule has 7 nitrogen and oxygen atoms in total. The highest BCUT2D eigenvalue weighted by Crippen LogP contribution is 2.24. The molecule has 1 atom stereocenters. The number of carbonyl (C=O) groups is 1. The normalized spacial score (nSPS) is 19.2. The molecule has 0 bridgehead atoms. The lowest BCUT2D eigenvalue weighted by Gasteiger charge is -2.37. The lowest BCUT2D eigenvalue weighted by molar-refractivity contribution is 0.125. The second kappa shape index (κ2) is 6.37. The Kier molecular flexibility index (Phi) is 4.30. The van der Waals surface area contributed by atoms with Gasteiger partial charge in [-0.15, -0.1) is 10.2 Å². The zero-order chi connectivity index (χ0) is 15.5. The van der Waals surface area contributed by atoms with Gasteiger partial charge in [0, 0.05) is 31.9 Å². The third kappa shape index (κ3) is 3.23. The van der Waals surface area contributed by atoms with E-state index in [-0.39, 0.29) is 12.1 Å². The molecule has 1 aliphatic rings. The topological polar surface area (TPSA) is 74.2 Å². The number of anilines is 1. The molecule has 1 N–H and O–H groups in total. The van der Waals surface area contributed by atoms with E-state index in [1.54, 1.807) is 6.20 Å². The van der Waals surface area contributed by atoms with E-state index in [9.17, 15) is 4.79 Å². The maximum absolute atomic E-state index is 12.3. The van der Waals surface area contributed by atoms with Crippen molar-refractivity contribution in [2.45, 2.75) is 13.0 Å². The molecule has 1 fully saturated rings. The van der Waals surface area contributed by atoms with Crippen LogP contribution in [-0.2, 0) is 0 Å². The van der Waals surface area contributed by atoms with Crippen LogP contribution in [0.4, 0.5) is 9.93 Å². The minimum Gasteiger partial charge on any atom is -0.319 e. The molecule has 2 amide bonds. The fourth-order valence-corrected chi connectivity index (χ4v) is 3.18. The van der Waals surface area contributed by atoms with Crippen molar-refractivity contribution < 1.29 is 4.79 Å². The summed E-state index contributed by atoms with van der Waals surface area (Å²) in [4.78, 5) is 20.6. The van der Waals surface area contributed by atoms with Gasteiger partial charge in [0.05, 0.1) is 0 Å². The summed E-state index contributed by atoms with van der Waals surface area (Å²) in [5.41, 5.74) is 0.758. The Morgan fingerprint density at radius 2 is 2.23 bits per heavy atom. The van der Waals surface area contributed by atoms with Crippen LogP contribution in [0.25, 0.3) is 10.7 Å². The van der Waals surface area contributed by atoms with Gasteiger partial charge in [0.25, 0.3) is 0 Å². The van der Waals surface area contributed by atoms with Gasteiger partial charge >= 0.3 is 6.03 Å². The van der Waals surface area contributed by atoms with Crippen LogP contribution in [0, 0.1) is 0 Å². The molecule has 22 heavy (non-hydrogen) atoms. The highest BCUT2D eigenvalue weighted by Gasteiger charge is 2.26. The van der Waals surface area contributed by atoms with E-state index in [4.69, 9.17) is 0 Å². The number of piperazine rings is 1. The van der Waals surface area contributed by atoms with Crippen LogP contribution >= 0.6 is 11.3 Å². The average molecular weight is 318 g/mol. The molecule has 0 aromatic carbocycles. The Hall–Kier alpha value is -2.06. The highest BCUT2D eigenvalue weighted by molar-refractivity contribution is 7.18. The van der Waals surface area contributed by atoms with Gasteiger partial charge < -0.3 is 9.80 Å². The van der Waals surface area contributed by atoms with Crippen molar-refractivity contribution >= 4 is 22.5 Å². The minimum absolute atomic E-state index is 0.121. The summed E-state index contributed by atoms with van der Waals surface area (Å²) in [5.74, 6) is 0. The zero-order valence-electron chi connectivity index (χ0n) is 12.6. The van der Waals surface area contributed by atoms with Gasteiger partial charge in [0.2, 0.25) is 5.13 Å². The standard InChI is InChI=1S/C14H18N6OS/c1-10-9-19(2)7-8-20(10)14(21)16-13-18-17-12(22-13)11-5-3-4-6-15-11/h3-6,10H,7-9H2,1-2H3,(H,16,18,21)/t10-/m0/s1. The van der Waals surface area contributed by atoms with Gasteiger partial charge in [-0.25, -0.2) is 4.79 Å². The molecule has 2 aromatic heterocycles. The second-order valence-corrected chi connectivity index (χ2v) is 6.34. The quantitative estimate of drug-likeness (QED) is 0.913. The van der Waals surface area contributed by atoms with Crippen molar-refractivity contribution in [3.8, 4) is 10.7 Å². The Bertz CT molecular complexity index is 646. The van der Waals surface area contributed by atoms with Crippen LogP contribution in [0.3, 0.4) is 0 Å². The maximum atomic E-state index is 12.3. The van der Waals surface area contributed by atoms with E-state index < -0.39 is 0 Å². The minimum atomic E-state index is -0.121. The van der Waals surface area contributed by atoms with Gasteiger partial charge in [0.15, 0.2) is 5.01 Å². The second-order valence-electron chi connectivity index (χ2n) is 5.36. The van der Waals surface area contributed by atoms with E-state index in [2.05, 4.69) is 39.4 Å². The molecular formula is C14H18N6OS. The fourth-order valence-electron chi connectivity index (χ4n) is 2.47. The van der Waals surface area contributed by atoms with Gasteiger partial charge in [-0.1, -0.05) is 17.4 Å². The predicted molar refractivity (Wildman–Crippen MR) is 85.8 cm³/mol. The van der Waals surface area contributed by atoms with Crippen molar-refractivity contribution in [1.29, 1.82) is 0 Å². The van der Waals surface area contributed by atoms with Crippen LogP contribution in [0.15, 0.2) is 24.4 Å². The molecule has 2 aromatic rings. The first-order valence-electron chi connectivity index (χ1n) is 7.14. The number of nitrogens with zero attached hydrogens (tertiary/aromatic N) is 5. The summed E-state index contributed by atoms with van der Waals surface area (Å²) in [6.07, 6.45) is 1.71. The van der Waals surface area contributed by atoms with Crippen molar-refractivity contribution in [1.82, 2.24) is 25.0 Å². The third-order valence-electron chi connectivity index (χ3n) is 3.61. The molecular weight excluding hydrogens is 300 g/mol. The number of carbonyl (C=O) groups excluding carboxylic acids is 1. The lowest BCUT2D eigenvalue weighted by Crippen LogP contribution is -2.53. The third-order valence-corrected chi connectivity index (χ3v) is 4.48. The van der Waals surface area contributed by atoms with Gasteiger partial charge in [0.1, 0.15) is 5.69 Å². The van der Waals surface area contributed by atoms with Crippen LogP contribution in [0.2, 0.25) is 0 Å². The molecule has 3 rings (SSSR count). The number of rotatable bonds is 2. The summed E-state index contributed by atoms with van der Waals surface area (Å²) < 4.78 is 0. The van der Waals surface area contributed by atoms with E-state index in [1.807, 2.05) is 23.1 Å². The van der Waals surface area contributed by atoms with E-state index in [0.717, 1.165) is 25.3 Å². The number of urea groups is 1. The number of nitrogens with one attached hydrogen (secondary N) is 1. The Morgan fingerprint density at radius 3 is 2.95 bits per heavy atom. The molecule has 3 heterocycles. The first-order valence-corrected chi connectivity index (χ1v) is 7.96. The van der Waals surface area contributed by atoms with E-state index in [1.165, 1.54) is 11.3 Å². The molecule has 116 valence electrons. The summed E-state index contributed by atoms with van der Waals surface area (Å²) in [6, 6.07) is 5.68. The molecule has 0 spiro atoms. The van der Waals surface area contributed by atoms with Crippen LogP contribution in [-0.4, -0.2) is 63.7 Å². The molecule has 8 heteroatoms. The number of hydrogen-bond acceptors (Lipinski definition) is 6. The Labute approximate surface area is 133 Å². The highest BCUT2D eigenvalue weighted by atomic mass is 32.1. The van der Waals surface area contributed by atoms with Crippen molar-refractivity contribution in [3.05, 3.63) is 24.4 Å². The fraction of sp³-hybridized carbons (Fsp3) is 0.429. The van der Waals surface area contributed by atoms with Gasteiger partial charge in [-0.3, -0.25) is 10.3 Å². The number of likely N-dealkylation sites (N-methyl/N-ethyl adjacent to an activating group) is 1. The average Bonchev–Trinajstić information content (AvgIpc) is 2.96. The number of amides is 2. The van der Waals surface area contributed by atoms with Crippen LogP contribution in [0.1, 0.15) is 6.92 Å². The summed E-state index contributed by atoms with van der Waals surface area (Å²) in [6.45, 7) is 4.53. The van der Waals surface area contributed by atoms with Crippen molar-refractivity contribution in [3.63, 3.8) is 0 Å². The van der Waals surface area contributed by atoms with Gasteiger partial charge in [-0.2, -0.15) is 0 Å². The molecule has 0 aliphatic carbocycles. The van der Waals surface area contributed by atoms with E-state index >= 15 is 0 Å². The summed E-state index contributed by atoms with van der Waals surface area (Å²) >= 11 is 1.33. The summed E-state index contributed by atoms with van der Waals surface area (Å²) in [5, 5.41) is 12.1. The van der Waals surface area contributed by atoms with Gasteiger partial charge in [-0.05, 0) is 26.1 Å². The zero-order valence-corrected chi connectivity index (χ0v) is 13.4. The van der Waals surface area contributed by atoms with Crippen LogP contribution in [0.5, 0.6) is 0 Å². The molecule has 1 aliphatic heterocycles. The monoisotopic (exact) mass is 318 g/mol. The van der Waals surface area contributed by atoms with E-state index in [0.29, 0.717) is 10.1 Å². The predicted octanol–water partition coefficient (Wildman–Crippen LogP) is 1.77. The Balaban J connectivity index is 1.66. The first kappa shape index (κ1) is 14.9. The maximum Gasteiger partial charge on any atom is 0.324 e. The number of pyridine rings is 1. The number of hydrogen-bond donors (Lipinski definition) is 1. The number of aromatic nitrogens is 3. The molecule has 1 saturated heterocycles. The molecule has 0 unspecified atom stereocenters. The molecule has 0 saturated carbocycles. The SMILES string of the molecule is C[C@H]1CN(C)CCN1C(=O)Nc1nnc(-c2ccccn2)s1. The largest absolute Gasteiger partial charge is 0.324 e. The van der Waals surface area contributed by atoms with Crippen molar-refractivity contribution in [2.24, 2.45) is 0 Å². The summed E-state index contributed by atoms with van der Waals surface area (Å²) in [7, 11) is 2.07. The Morgan fingerprint density at radius 1 is 1.36 bits per heavy atom. The van der Waals surface area contributed by atoms with Crippen molar-refractivity contribution in [2.75, 3.05) is 32.0 Å². The van der Waals surface area contributed by atoms with Crippen LogP contribution < -0.4 is 5.32 Å². The molecule has 0 radical (unpaired) electrons. The smallest absolute Gasteiger partial charge is 0.319 e. The first-order chi connectivity index (χ1) is 10.6.